The van der Waals surface area contributed by atoms with E-state index in [-0.39, 0.29) is 23.8 Å². The van der Waals surface area contributed by atoms with Gasteiger partial charge in [0.2, 0.25) is 0 Å². The molecular formula is C11H12ClNO4. The van der Waals surface area contributed by atoms with Crippen molar-refractivity contribution >= 4 is 23.8 Å². The number of benzene rings is 1. The zero-order chi connectivity index (χ0) is 12.8. The van der Waals surface area contributed by atoms with Crippen molar-refractivity contribution in [2.45, 2.75) is 0 Å². The molecule has 0 radical (unpaired) electrons. The van der Waals surface area contributed by atoms with E-state index in [1.807, 2.05) is 0 Å². The molecule has 0 aliphatic carbocycles. The summed E-state index contributed by atoms with van der Waals surface area (Å²) >= 11 is 5.80. The van der Waals surface area contributed by atoms with Crippen molar-refractivity contribution in [1.82, 2.24) is 5.32 Å². The van der Waals surface area contributed by atoms with Gasteiger partial charge in [-0.1, -0.05) is 11.6 Å². The average molecular weight is 258 g/mol. The summed E-state index contributed by atoms with van der Waals surface area (Å²) in [5.74, 6) is 0.206. The highest BCUT2D eigenvalue weighted by atomic mass is 35.5. The molecule has 0 bridgehead atoms. The van der Waals surface area contributed by atoms with Crippen LogP contribution in [0.2, 0.25) is 5.02 Å². The zero-order valence-electron chi connectivity index (χ0n) is 9.45. The van der Waals surface area contributed by atoms with Crippen LogP contribution in [0.25, 0.3) is 0 Å². The summed E-state index contributed by atoms with van der Waals surface area (Å²) in [6.45, 7) is -0.199. The highest BCUT2D eigenvalue weighted by Gasteiger charge is 2.13. The Hall–Kier alpha value is -1.75. The number of nitrogens with one attached hydrogen (secondary N) is 1. The van der Waals surface area contributed by atoms with Gasteiger partial charge in [-0.15, -0.1) is 0 Å². The molecule has 0 heterocycles. The molecule has 0 atom stereocenters. The average Bonchev–Trinajstić information content (AvgIpc) is 2.35. The Bertz CT molecular complexity index is 434. The maximum absolute atomic E-state index is 11.1. The lowest BCUT2D eigenvalue weighted by atomic mass is 10.2. The van der Waals surface area contributed by atoms with Gasteiger partial charge >= 0.3 is 0 Å². The van der Waals surface area contributed by atoms with Crippen molar-refractivity contribution in [3.8, 4) is 11.5 Å². The monoisotopic (exact) mass is 257 g/mol. The molecule has 5 nitrogen and oxygen atoms in total. The summed E-state index contributed by atoms with van der Waals surface area (Å²) in [5, 5.41) is 2.76. The third-order valence-electron chi connectivity index (χ3n) is 2.02. The highest BCUT2D eigenvalue weighted by Crippen LogP contribution is 2.33. The minimum Gasteiger partial charge on any atom is -0.493 e. The maximum Gasteiger partial charge on any atom is 0.257 e. The number of likely N-dealkylation sites (N-methyl/N-ethyl adjacent to an activating group) is 1. The Morgan fingerprint density at radius 3 is 2.76 bits per heavy atom. The van der Waals surface area contributed by atoms with Gasteiger partial charge in [-0.3, -0.25) is 9.59 Å². The highest BCUT2D eigenvalue weighted by molar-refractivity contribution is 6.31. The first-order valence-electron chi connectivity index (χ1n) is 4.78. The molecule has 1 rings (SSSR count). The van der Waals surface area contributed by atoms with E-state index in [2.05, 4.69) is 5.32 Å². The molecule has 1 amide bonds. The van der Waals surface area contributed by atoms with E-state index in [4.69, 9.17) is 21.1 Å². The predicted octanol–water partition coefficient (Wildman–Crippen LogP) is 1.29. The lowest BCUT2D eigenvalue weighted by Crippen LogP contribution is -2.25. The zero-order valence-corrected chi connectivity index (χ0v) is 10.2. The number of carbonyl (C=O) groups excluding carboxylic acids is 2. The minimum atomic E-state index is -0.307. The number of carbonyl (C=O) groups is 2. The fourth-order valence-electron chi connectivity index (χ4n) is 1.19. The largest absolute Gasteiger partial charge is 0.493 e. The van der Waals surface area contributed by atoms with Crippen LogP contribution >= 0.6 is 11.6 Å². The third kappa shape index (κ3) is 3.35. The van der Waals surface area contributed by atoms with Gasteiger partial charge in [0, 0.05) is 18.1 Å². The van der Waals surface area contributed by atoms with Crippen LogP contribution < -0.4 is 14.8 Å². The van der Waals surface area contributed by atoms with Gasteiger partial charge in [-0.25, -0.2) is 0 Å². The number of methoxy groups -OCH3 is 1. The van der Waals surface area contributed by atoms with Crippen LogP contribution in [0.4, 0.5) is 0 Å². The topological polar surface area (TPSA) is 64.6 Å². The molecule has 0 fully saturated rings. The van der Waals surface area contributed by atoms with E-state index in [1.54, 1.807) is 0 Å². The molecule has 0 aliphatic heterocycles. The normalized spacial score (nSPS) is 9.59. The Morgan fingerprint density at radius 1 is 1.53 bits per heavy atom. The molecule has 92 valence electrons. The molecule has 1 N–H and O–H groups in total. The van der Waals surface area contributed by atoms with Crippen LogP contribution in [-0.4, -0.2) is 33.0 Å². The molecular weight excluding hydrogens is 246 g/mol. The first-order valence-corrected chi connectivity index (χ1v) is 5.16. The summed E-state index contributed by atoms with van der Waals surface area (Å²) in [5.41, 5.74) is 0.234. The van der Waals surface area contributed by atoms with E-state index < -0.39 is 0 Å². The van der Waals surface area contributed by atoms with Gasteiger partial charge in [0.1, 0.15) is 0 Å². The van der Waals surface area contributed by atoms with Crippen molar-refractivity contribution < 1.29 is 19.1 Å². The van der Waals surface area contributed by atoms with E-state index in [0.29, 0.717) is 17.1 Å². The SMILES string of the molecule is CNC(=O)COc1c(C=O)cc(Cl)cc1OC. The molecule has 0 spiro atoms. The summed E-state index contributed by atoms with van der Waals surface area (Å²) in [6.07, 6.45) is 0.591. The van der Waals surface area contributed by atoms with Crippen molar-refractivity contribution in [2.24, 2.45) is 0 Å². The molecule has 1 aromatic carbocycles. The number of rotatable bonds is 5. The van der Waals surface area contributed by atoms with Crippen LogP contribution in [0.15, 0.2) is 12.1 Å². The van der Waals surface area contributed by atoms with Crippen LogP contribution in [0.1, 0.15) is 10.4 Å². The van der Waals surface area contributed by atoms with Gasteiger partial charge < -0.3 is 14.8 Å². The number of halogens is 1. The van der Waals surface area contributed by atoms with Gasteiger partial charge in [-0.05, 0) is 6.07 Å². The Morgan fingerprint density at radius 2 is 2.24 bits per heavy atom. The van der Waals surface area contributed by atoms with E-state index in [9.17, 15) is 9.59 Å². The van der Waals surface area contributed by atoms with Crippen LogP contribution in [0, 0.1) is 0 Å². The smallest absolute Gasteiger partial charge is 0.257 e. The molecule has 0 aromatic heterocycles. The number of ether oxygens (including phenoxy) is 2. The first kappa shape index (κ1) is 13.3. The number of hydrogen-bond acceptors (Lipinski definition) is 4. The Balaban J connectivity index is 3.02. The second-order valence-corrected chi connectivity index (χ2v) is 3.54. The van der Waals surface area contributed by atoms with Crippen LogP contribution in [-0.2, 0) is 4.79 Å². The van der Waals surface area contributed by atoms with Crippen molar-refractivity contribution in [1.29, 1.82) is 0 Å². The molecule has 0 aliphatic rings. The molecule has 17 heavy (non-hydrogen) atoms. The van der Waals surface area contributed by atoms with E-state index in [1.165, 1.54) is 26.3 Å². The van der Waals surface area contributed by atoms with Gasteiger partial charge in [0.05, 0.1) is 12.7 Å². The predicted molar refractivity (Wildman–Crippen MR) is 63.0 cm³/mol. The van der Waals surface area contributed by atoms with Crippen molar-refractivity contribution in [3.05, 3.63) is 22.7 Å². The lowest BCUT2D eigenvalue weighted by molar-refractivity contribution is -0.122. The molecule has 0 unspecified atom stereocenters. The fourth-order valence-corrected chi connectivity index (χ4v) is 1.41. The van der Waals surface area contributed by atoms with Crippen molar-refractivity contribution in [2.75, 3.05) is 20.8 Å². The first-order chi connectivity index (χ1) is 8.12. The summed E-state index contributed by atoms with van der Waals surface area (Å²) in [7, 11) is 2.92. The second-order valence-electron chi connectivity index (χ2n) is 3.11. The van der Waals surface area contributed by atoms with Gasteiger partial charge in [0.15, 0.2) is 24.4 Å². The van der Waals surface area contributed by atoms with E-state index >= 15 is 0 Å². The molecule has 0 saturated carbocycles. The Labute approximate surface area is 104 Å². The van der Waals surface area contributed by atoms with Gasteiger partial charge in [-0.2, -0.15) is 0 Å². The second kappa shape index (κ2) is 6.10. The quantitative estimate of drug-likeness (QED) is 0.808. The summed E-state index contributed by atoms with van der Waals surface area (Å²) < 4.78 is 10.3. The summed E-state index contributed by atoms with van der Waals surface area (Å²) in [6, 6.07) is 2.95. The molecule has 6 heteroatoms. The number of hydrogen-bond donors (Lipinski definition) is 1. The van der Waals surface area contributed by atoms with Crippen LogP contribution in [0.3, 0.4) is 0 Å². The summed E-state index contributed by atoms with van der Waals surface area (Å²) in [4.78, 5) is 21.9. The third-order valence-corrected chi connectivity index (χ3v) is 2.24. The van der Waals surface area contributed by atoms with Crippen LogP contribution in [0.5, 0.6) is 11.5 Å². The lowest BCUT2D eigenvalue weighted by Gasteiger charge is -2.12. The standard InChI is InChI=1S/C11H12ClNO4/c1-13-10(15)6-17-11-7(5-14)3-8(12)4-9(11)16-2/h3-5H,6H2,1-2H3,(H,13,15). The molecule has 1 aromatic rings. The van der Waals surface area contributed by atoms with Gasteiger partial charge in [0.25, 0.3) is 5.91 Å². The Kier molecular flexibility index (Phi) is 4.78. The maximum atomic E-state index is 11.1. The van der Waals surface area contributed by atoms with Crippen molar-refractivity contribution in [3.63, 3.8) is 0 Å². The number of amides is 1. The number of aldehydes is 1. The van der Waals surface area contributed by atoms with E-state index in [0.717, 1.165) is 0 Å². The minimum absolute atomic E-state index is 0.199. The fraction of sp³-hybridized carbons (Fsp3) is 0.273. The molecule has 0 saturated heterocycles.